The zero-order valence-electron chi connectivity index (χ0n) is 13.6. The third kappa shape index (κ3) is 4.32. The van der Waals surface area contributed by atoms with E-state index in [4.69, 9.17) is 0 Å². The number of halogens is 3. The SMILES string of the molecule is CC(NC(=O)C1CC1c1ccc(F)cc1)c1ccc(OC(F)F)cc1. The van der Waals surface area contributed by atoms with Gasteiger partial charge in [-0.15, -0.1) is 0 Å². The molecule has 6 heteroatoms. The number of ether oxygens (including phenoxy) is 1. The minimum absolute atomic E-state index is 0.0604. The van der Waals surface area contributed by atoms with E-state index in [-0.39, 0.29) is 35.4 Å². The van der Waals surface area contributed by atoms with Crippen molar-refractivity contribution in [3.05, 3.63) is 65.5 Å². The molecule has 1 aliphatic rings. The largest absolute Gasteiger partial charge is 0.435 e. The van der Waals surface area contributed by atoms with Crippen LogP contribution >= 0.6 is 0 Å². The first-order valence-corrected chi connectivity index (χ1v) is 8.04. The number of hydrogen-bond donors (Lipinski definition) is 1. The van der Waals surface area contributed by atoms with Gasteiger partial charge in [0.15, 0.2) is 0 Å². The molecule has 1 saturated carbocycles. The quantitative estimate of drug-likeness (QED) is 0.839. The molecule has 0 aromatic heterocycles. The molecule has 1 N–H and O–H groups in total. The highest BCUT2D eigenvalue weighted by molar-refractivity contribution is 5.83. The lowest BCUT2D eigenvalue weighted by molar-refractivity contribution is -0.123. The highest BCUT2D eigenvalue weighted by Crippen LogP contribution is 2.47. The van der Waals surface area contributed by atoms with Crippen LogP contribution in [0.4, 0.5) is 13.2 Å². The molecular formula is C19H18F3NO2. The van der Waals surface area contributed by atoms with Crippen molar-refractivity contribution in [3.63, 3.8) is 0 Å². The fraction of sp³-hybridized carbons (Fsp3) is 0.316. The fourth-order valence-corrected chi connectivity index (χ4v) is 2.90. The number of carbonyl (C=O) groups is 1. The van der Waals surface area contributed by atoms with Crippen molar-refractivity contribution < 1.29 is 22.7 Å². The molecule has 1 amide bonds. The van der Waals surface area contributed by atoms with E-state index >= 15 is 0 Å². The lowest BCUT2D eigenvalue weighted by atomic mass is 10.1. The predicted molar refractivity (Wildman–Crippen MR) is 86.9 cm³/mol. The Morgan fingerprint density at radius 1 is 1.12 bits per heavy atom. The number of carbonyl (C=O) groups excluding carboxylic acids is 1. The Kier molecular flexibility index (Phi) is 4.97. The third-order valence-electron chi connectivity index (χ3n) is 4.39. The molecule has 0 saturated heterocycles. The summed E-state index contributed by atoms with van der Waals surface area (Å²) < 4.78 is 41.5. The second-order valence-corrected chi connectivity index (χ2v) is 6.18. The Balaban J connectivity index is 1.55. The van der Waals surface area contributed by atoms with Gasteiger partial charge in [-0.05, 0) is 54.7 Å². The molecule has 1 fully saturated rings. The maximum absolute atomic E-state index is 13.0. The van der Waals surface area contributed by atoms with Gasteiger partial charge < -0.3 is 10.1 Å². The van der Waals surface area contributed by atoms with Gasteiger partial charge in [0.25, 0.3) is 0 Å². The zero-order chi connectivity index (χ0) is 18.0. The Morgan fingerprint density at radius 2 is 1.76 bits per heavy atom. The van der Waals surface area contributed by atoms with Crippen molar-refractivity contribution in [2.75, 3.05) is 0 Å². The molecule has 0 radical (unpaired) electrons. The lowest BCUT2D eigenvalue weighted by Gasteiger charge is -2.15. The van der Waals surface area contributed by atoms with Gasteiger partial charge in [-0.3, -0.25) is 4.79 Å². The molecule has 0 aliphatic heterocycles. The zero-order valence-corrected chi connectivity index (χ0v) is 13.6. The van der Waals surface area contributed by atoms with Crippen LogP contribution in [0.5, 0.6) is 5.75 Å². The van der Waals surface area contributed by atoms with Crippen molar-refractivity contribution in [3.8, 4) is 5.75 Å². The Hall–Kier alpha value is -2.50. The number of alkyl halides is 2. The molecule has 0 spiro atoms. The second-order valence-electron chi connectivity index (χ2n) is 6.18. The molecule has 132 valence electrons. The van der Waals surface area contributed by atoms with Crippen LogP contribution in [-0.4, -0.2) is 12.5 Å². The summed E-state index contributed by atoms with van der Waals surface area (Å²) in [6.45, 7) is -1.03. The van der Waals surface area contributed by atoms with E-state index in [0.717, 1.165) is 17.5 Å². The predicted octanol–water partition coefficient (Wildman–Crippen LogP) is 4.41. The number of rotatable bonds is 6. The summed E-state index contributed by atoms with van der Waals surface area (Å²) >= 11 is 0. The molecule has 1 aliphatic carbocycles. The van der Waals surface area contributed by atoms with E-state index in [1.807, 2.05) is 6.92 Å². The average Bonchev–Trinajstić information content (AvgIpc) is 3.36. The van der Waals surface area contributed by atoms with Crippen LogP contribution in [0.1, 0.15) is 36.4 Å². The minimum Gasteiger partial charge on any atom is -0.435 e. The van der Waals surface area contributed by atoms with Gasteiger partial charge in [0.05, 0.1) is 6.04 Å². The lowest BCUT2D eigenvalue weighted by Crippen LogP contribution is -2.28. The van der Waals surface area contributed by atoms with E-state index in [9.17, 15) is 18.0 Å². The van der Waals surface area contributed by atoms with Crippen molar-refractivity contribution in [2.24, 2.45) is 5.92 Å². The van der Waals surface area contributed by atoms with E-state index in [1.165, 1.54) is 24.3 Å². The standard InChI is InChI=1S/C19H18F3NO2/c1-11(12-4-8-15(9-5-12)25-19(21)22)23-18(24)17-10-16(17)13-2-6-14(20)7-3-13/h2-9,11,16-17,19H,10H2,1H3,(H,23,24). The smallest absolute Gasteiger partial charge is 0.387 e. The van der Waals surface area contributed by atoms with Crippen LogP contribution in [-0.2, 0) is 4.79 Å². The first-order chi connectivity index (χ1) is 11.9. The molecule has 3 nitrogen and oxygen atoms in total. The normalized spacial score (nSPS) is 20.2. The highest BCUT2D eigenvalue weighted by atomic mass is 19.3. The highest BCUT2D eigenvalue weighted by Gasteiger charge is 2.44. The van der Waals surface area contributed by atoms with Crippen LogP contribution in [0.15, 0.2) is 48.5 Å². The number of nitrogens with one attached hydrogen (secondary N) is 1. The van der Waals surface area contributed by atoms with Crippen molar-refractivity contribution in [1.82, 2.24) is 5.32 Å². The van der Waals surface area contributed by atoms with Crippen molar-refractivity contribution >= 4 is 5.91 Å². The summed E-state index contributed by atoms with van der Waals surface area (Å²) in [6, 6.07) is 12.1. The topological polar surface area (TPSA) is 38.3 Å². The van der Waals surface area contributed by atoms with Gasteiger partial charge >= 0.3 is 6.61 Å². The monoisotopic (exact) mass is 349 g/mol. The first-order valence-electron chi connectivity index (χ1n) is 8.04. The molecule has 2 aromatic carbocycles. The maximum Gasteiger partial charge on any atom is 0.387 e. The summed E-state index contributed by atoms with van der Waals surface area (Å²) in [5, 5.41) is 2.93. The Morgan fingerprint density at radius 3 is 2.36 bits per heavy atom. The van der Waals surface area contributed by atoms with Crippen molar-refractivity contribution in [1.29, 1.82) is 0 Å². The van der Waals surface area contributed by atoms with Gasteiger partial charge in [-0.2, -0.15) is 8.78 Å². The summed E-state index contributed by atoms with van der Waals surface area (Å²) in [5.74, 6) is -0.271. The fourth-order valence-electron chi connectivity index (χ4n) is 2.90. The molecule has 3 rings (SSSR count). The van der Waals surface area contributed by atoms with Gasteiger partial charge in [-0.25, -0.2) is 4.39 Å². The van der Waals surface area contributed by atoms with Crippen molar-refractivity contribution in [2.45, 2.75) is 31.9 Å². The minimum atomic E-state index is -2.86. The van der Waals surface area contributed by atoms with E-state index < -0.39 is 6.61 Å². The van der Waals surface area contributed by atoms with Gasteiger partial charge in [0.2, 0.25) is 5.91 Å². The molecule has 0 bridgehead atoms. The Bertz CT molecular complexity index is 731. The molecular weight excluding hydrogens is 331 g/mol. The summed E-state index contributed by atoms with van der Waals surface area (Å²) in [4.78, 5) is 12.3. The van der Waals surface area contributed by atoms with Crippen LogP contribution < -0.4 is 10.1 Å². The number of benzene rings is 2. The number of amides is 1. The summed E-state index contributed by atoms with van der Waals surface area (Å²) in [5.41, 5.74) is 1.76. The summed E-state index contributed by atoms with van der Waals surface area (Å²) in [6.07, 6.45) is 0.741. The van der Waals surface area contributed by atoms with Gasteiger partial charge in [-0.1, -0.05) is 24.3 Å². The Labute approximate surface area is 143 Å². The van der Waals surface area contributed by atoms with Gasteiger partial charge in [0.1, 0.15) is 11.6 Å². The average molecular weight is 349 g/mol. The van der Waals surface area contributed by atoms with E-state index in [0.29, 0.717) is 0 Å². The number of hydrogen-bond acceptors (Lipinski definition) is 2. The van der Waals surface area contributed by atoms with Crippen LogP contribution in [0, 0.1) is 11.7 Å². The molecule has 3 atom stereocenters. The molecule has 3 unspecified atom stereocenters. The molecule has 2 aromatic rings. The first kappa shape index (κ1) is 17.3. The van der Waals surface area contributed by atoms with E-state index in [1.54, 1.807) is 24.3 Å². The van der Waals surface area contributed by atoms with E-state index in [2.05, 4.69) is 10.1 Å². The third-order valence-corrected chi connectivity index (χ3v) is 4.39. The van der Waals surface area contributed by atoms with Crippen LogP contribution in [0.2, 0.25) is 0 Å². The van der Waals surface area contributed by atoms with Crippen LogP contribution in [0.25, 0.3) is 0 Å². The molecule has 0 heterocycles. The second kappa shape index (κ2) is 7.17. The van der Waals surface area contributed by atoms with Gasteiger partial charge in [0, 0.05) is 5.92 Å². The molecule has 25 heavy (non-hydrogen) atoms. The maximum atomic E-state index is 13.0. The van der Waals surface area contributed by atoms with Crippen LogP contribution in [0.3, 0.4) is 0 Å². The summed E-state index contributed by atoms with van der Waals surface area (Å²) in [7, 11) is 0.